The van der Waals surface area contributed by atoms with Crippen molar-refractivity contribution in [1.82, 2.24) is 4.72 Å². The summed E-state index contributed by atoms with van der Waals surface area (Å²) in [6.07, 6.45) is 0.893. The van der Waals surface area contributed by atoms with Crippen LogP contribution in [0.25, 0.3) is 0 Å². The lowest BCUT2D eigenvalue weighted by Crippen LogP contribution is -2.47. The standard InChI is InChI=1S/C34H38N4O4S/c1-26(28-13-7-4-8-14-28)36-43(40,41)33-25-29(35-34(39)20-17-27-11-5-3-6-12-27)18-19-31(33)38-23-21-37(22-24-38)30-15-9-10-16-32(30)42-2/h3-16,18-19,25-26,36H,17,20-24H2,1-2H3,(H,35,39)/t26-/m1/s1. The predicted octanol–water partition coefficient (Wildman–Crippen LogP) is 5.63. The van der Waals surface area contributed by atoms with E-state index in [9.17, 15) is 13.2 Å². The molecule has 1 aliphatic rings. The second-order valence-corrected chi connectivity index (χ2v) is 12.3. The summed E-state index contributed by atoms with van der Waals surface area (Å²) in [6.45, 7) is 4.47. The average Bonchev–Trinajstić information content (AvgIpc) is 3.04. The number of piperazine rings is 1. The van der Waals surface area contributed by atoms with Crippen molar-refractivity contribution in [2.45, 2.75) is 30.7 Å². The number of nitrogens with one attached hydrogen (secondary N) is 2. The molecule has 0 aromatic heterocycles. The Morgan fingerprint density at radius 1 is 0.814 bits per heavy atom. The van der Waals surface area contributed by atoms with Gasteiger partial charge in [0, 0.05) is 44.3 Å². The summed E-state index contributed by atoms with van der Waals surface area (Å²) in [5, 5.41) is 2.91. The zero-order chi connectivity index (χ0) is 30.2. The van der Waals surface area contributed by atoms with Gasteiger partial charge in [0.1, 0.15) is 10.6 Å². The molecule has 1 atom stereocenters. The fraction of sp³-hybridized carbons (Fsp3) is 0.265. The molecule has 0 unspecified atom stereocenters. The van der Waals surface area contributed by atoms with Crippen molar-refractivity contribution in [1.29, 1.82) is 0 Å². The first kappa shape index (κ1) is 30.1. The molecular formula is C34H38N4O4S. The monoisotopic (exact) mass is 598 g/mol. The number of benzene rings is 4. The Morgan fingerprint density at radius 3 is 2.09 bits per heavy atom. The molecular weight excluding hydrogens is 560 g/mol. The van der Waals surface area contributed by atoms with E-state index >= 15 is 0 Å². The molecule has 1 heterocycles. The van der Waals surface area contributed by atoms with E-state index in [4.69, 9.17) is 4.74 Å². The molecule has 1 aliphatic heterocycles. The fourth-order valence-corrected chi connectivity index (χ4v) is 6.86. The normalized spacial score (nSPS) is 14.3. The molecule has 4 aromatic rings. The van der Waals surface area contributed by atoms with Crippen LogP contribution in [0.1, 0.15) is 30.5 Å². The zero-order valence-electron chi connectivity index (χ0n) is 24.6. The number of hydrogen-bond donors (Lipinski definition) is 2. The molecule has 0 bridgehead atoms. The number of sulfonamides is 1. The van der Waals surface area contributed by atoms with Gasteiger partial charge in [-0.15, -0.1) is 0 Å². The number of ether oxygens (including phenoxy) is 1. The third kappa shape index (κ3) is 7.55. The number of hydrogen-bond acceptors (Lipinski definition) is 6. The third-order valence-electron chi connectivity index (χ3n) is 7.69. The highest BCUT2D eigenvalue weighted by atomic mass is 32.2. The Hall–Kier alpha value is -4.34. The van der Waals surface area contributed by atoms with E-state index in [-0.39, 0.29) is 10.8 Å². The van der Waals surface area contributed by atoms with Crippen molar-refractivity contribution in [3.05, 3.63) is 114 Å². The SMILES string of the molecule is COc1ccccc1N1CCN(c2ccc(NC(=O)CCc3ccccc3)cc2S(=O)(=O)N[C@H](C)c2ccccc2)CC1. The van der Waals surface area contributed by atoms with E-state index < -0.39 is 16.1 Å². The number of carbonyl (C=O) groups excluding carboxylic acids is 1. The second-order valence-electron chi connectivity index (χ2n) is 10.6. The maximum atomic E-state index is 13.9. The van der Waals surface area contributed by atoms with Crippen LogP contribution in [0.2, 0.25) is 0 Å². The zero-order valence-corrected chi connectivity index (χ0v) is 25.4. The average molecular weight is 599 g/mol. The van der Waals surface area contributed by atoms with Crippen LogP contribution >= 0.6 is 0 Å². The number of rotatable bonds is 11. The number of carbonyl (C=O) groups is 1. The molecule has 0 saturated carbocycles. The van der Waals surface area contributed by atoms with Crippen molar-refractivity contribution in [2.75, 3.05) is 48.4 Å². The van der Waals surface area contributed by atoms with Gasteiger partial charge in [0.05, 0.1) is 18.5 Å². The first-order valence-electron chi connectivity index (χ1n) is 14.5. The summed E-state index contributed by atoms with van der Waals surface area (Å²) in [4.78, 5) is 17.3. The summed E-state index contributed by atoms with van der Waals surface area (Å²) in [5.41, 5.74) is 4.01. The van der Waals surface area contributed by atoms with Gasteiger partial charge < -0.3 is 19.9 Å². The number of para-hydroxylation sites is 2. The Morgan fingerprint density at radius 2 is 1.42 bits per heavy atom. The van der Waals surface area contributed by atoms with Gasteiger partial charge in [-0.25, -0.2) is 13.1 Å². The Labute approximate surface area is 254 Å². The molecule has 2 N–H and O–H groups in total. The maximum Gasteiger partial charge on any atom is 0.243 e. The Kier molecular flexibility index (Phi) is 9.64. The van der Waals surface area contributed by atoms with E-state index in [1.54, 1.807) is 25.3 Å². The molecule has 0 spiro atoms. The summed E-state index contributed by atoms with van der Waals surface area (Å²) in [5.74, 6) is 0.640. The highest BCUT2D eigenvalue weighted by Gasteiger charge is 2.28. The molecule has 43 heavy (non-hydrogen) atoms. The van der Waals surface area contributed by atoms with Gasteiger partial charge >= 0.3 is 0 Å². The molecule has 0 radical (unpaired) electrons. The van der Waals surface area contributed by atoms with Crippen molar-refractivity contribution in [3.63, 3.8) is 0 Å². The molecule has 1 amide bonds. The van der Waals surface area contributed by atoms with Gasteiger partial charge in [0.15, 0.2) is 0 Å². The van der Waals surface area contributed by atoms with Gasteiger partial charge in [-0.1, -0.05) is 72.8 Å². The number of aryl methyl sites for hydroxylation is 1. The van der Waals surface area contributed by atoms with Crippen LogP contribution in [-0.4, -0.2) is 47.6 Å². The van der Waals surface area contributed by atoms with Crippen LogP contribution in [0.3, 0.4) is 0 Å². The summed E-state index contributed by atoms with van der Waals surface area (Å²) in [6, 6.07) is 31.9. The minimum atomic E-state index is -3.95. The number of methoxy groups -OCH3 is 1. The molecule has 9 heteroatoms. The van der Waals surface area contributed by atoms with Gasteiger partial charge in [-0.2, -0.15) is 0 Å². The van der Waals surface area contributed by atoms with E-state index in [0.717, 1.165) is 22.6 Å². The van der Waals surface area contributed by atoms with Crippen molar-refractivity contribution < 1.29 is 17.9 Å². The first-order chi connectivity index (χ1) is 20.8. The highest BCUT2D eigenvalue weighted by Crippen LogP contribution is 2.33. The van der Waals surface area contributed by atoms with E-state index in [0.29, 0.717) is 50.4 Å². The van der Waals surface area contributed by atoms with Crippen LogP contribution in [0.15, 0.2) is 108 Å². The first-order valence-corrected chi connectivity index (χ1v) is 16.0. The van der Waals surface area contributed by atoms with Crippen LogP contribution in [0.4, 0.5) is 17.1 Å². The molecule has 1 saturated heterocycles. The molecule has 1 fully saturated rings. The molecule has 5 rings (SSSR count). The van der Waals surface area contributed by atoms with Gasteiger partial charge in [0.2, 0.25) is 15.9 Å². The fourth-order valence-electron chi connectivity index (χ4n) is 5.38. The topological polar surface area (TPSA) is 91.0 Å². The van der Waals surface area contributed by atoms with Crippen LogP contribution in [0, 0.1) is 0 Å². The quantitative estimate of drug-likeness (QED) is 0.233. The summed E-state index contributed by atoms with van der Waals surface area (Å²) < 4.78 is 36.2. The molecule has 224 valence electrons. The van der Waals surface area contributed by atoms with Crippen molar-refractivity contribution in [3.8, 4) is 5.75 Å². The predicted molar refractivity (Wildman–Crippen MR) is 172 cm³/mol. The highest BCUT2D eigenvalue weighted by molar-refractivity contribution is 7.89. The summed E-state index contributed by atoms with van der Waals surface area (Å²) in [7, 11) is -2.29. The van der Waals surface area contributed by atoms with Crippen molar-refractivity contribution >= 4 is 33.0 Å². The lowest BCUT2D eigenvalue weighted by molar-refractivity contribution is -0.116. The largest absolute Gasteiger partial charge is 0.495 e. The van der Waals surface area contributed by atoms with Gasteiger partial charge in [0.25, 0.3) is 0 Å². The van der Waals surface area contributed by atoms with E-state index in [2.05, 4.69) is 19.8 Å². The van der Waals surface area contributed by atoms with Gasteiger partial charge in [-0.3, -0.25) is 4.79 Å². The minimum absolute atomic E-state index is 0.141. The van der Waals surface area contributed by atoms with Crippen molar-refractivity contribution in [2.24, 2.45) is 0 Å². The van der Waals surface area contributed by atoms with Crippen LogP contribution in [0.5, 0.6) is 5.75 Å². The summed E-state index contributed by atoms with van der Waals surface area (Å²) >= 11 is 0. The van der Waals surface area contributed by atoms with Gasteiger partial charge in [-0.05, 0) is 54.8 Å². The lowest BCUT2D eigenvalue weighted by atomic mass is 10.1. The smallest absolute Gasteiger partial charge is 0.243 e. The Balaban J connectivity index is 1.37. The lowest BCUT2D eigenvalue weighted by Gasteiger charge is -2.38. The third-order valence-corrected chi connectivity index (χ3v) is 9.26. The van der Waals surface area contributed by atoms with Crippen LogP contribution in [-0.2, 0) is 21.2 Å². The molecule has 8 nitrogen and oxygen atoms in total. The number of nitrogens with zero attached hydrogens (tertiary/aromatic N) is 2. The Bertz CT molecular complexity index is 1620. The minimum Gasteiger partial charge on any atom is -0.495 e. The number of amides is 1. The second kappa shape index (κ2) is 13.8. The van der Waals surface area contributed by atoms with E-state index in [1.165, 1.54) is 0 Å². The van der Waals surface area contributed by atoms with E-state index in [1.807, 2.05) is 91.9 Å². The van der Waals surface area contributed by atoms with Crippen LogP contribution < -0.4 is 24.6 Å². The molecule has 0 aliphatic carbocycles. The maximum absolute atomic E-state index is 13.9. The molecule has 4 aromatic carbocycles. The number of anilines is 3.